The molecule has 2 atom stereocenters. The quantitative estimate of drug-likeness (QED) is 0.248. The Kier molecular flexibility index (Phi) is 7.33. The molecule has 2 fully saturated rings. The molecule has 0 radical (unpaired) electrons. The third kappa shape index (κ3) is 4.81. The number of nitrogens with one attached hydrogen (secondary N) is 1. The number of ether oxygens (including phenoxy) is 3. The van der Waals surface area contributed by atoms with Crippen molar-refractivity contribution in [3.63, 3.8) is 0 Å². The lowest BCUT2D eigenvalue weighted by Gasteiger charge is -2.30. The second-order valence-electron chi connectivity index (χ2n) is 10.7. The van der Waals surface area contributed by atoms with Gasteiger partial charge in [0.25, 0.3) is 11.6 Å². The molecule has 6 rings (SSSR count). The number of nitrogens with zero attached hydrogens (tertiary/aromatic N) is 2. The molecule has 1 N–H and O–H groups in total. The Balaban J connectivity index is 1.49. The lowest BCUT2D eigenvalue weighted by atomic mass is 9.92. The van der Waals surface area contributed by atoms with Crippen LogP contribution in [0.15, 0.2) is 35.1 Å². The van der Waals surface area contributed by atoms with Gasteiger partial charge in [-0.05, 0) is 72.0 Å². The van der Waals surface area contributed by atoms with E-state index in [4.69, 9.17) is 25.8 Å². The van der Waals surface area contributed by atoms with E-state index in [1.165, 1.54) is 19.2 Å². The number of H-pyrrole nitrogens is 1. The fourth-order valence-corrected chi connectivity index (χ4v) is 6.69. The number of aryl methyl sites for hydroxylation is 1. The minimum Gasteiger partial charge on any atom is -0.468 e. The van der Waals surface area contributed by atoms with Crippen molar-refractivity contribution in [3.05, 3.63) is 62.9 Å². The van der Waals surface area contributed by atoms with Crippen LogP contribution in [-0.4, -0.2) is 60.2 Å². The first-order valence-corrected chi connectivity index (χ1v) is 13.9. The summed E-state index contributed by atoms with van der Waals surface area (Å²) < 4.78 is 62.2. The van der Waals surface area contributed by atoms with Crippen LogP contribution in [0, 0.1) is 11.6 Å². The second-order valence-corrected chi connectivity index (χ2v) is 11.1. The maximum absolute atomic E-state index is 16.5. The highest BCUT2D eigenvalue weighted by Gasteiger charge is 2.49. The van der Waals surface area contributed by atoms with Gasteiger partial charge >= 0.3 is 0 Å². The molecule has 0 unspecified atom stereocenters. The zero-order valence-corrected chi connectivity index (χ0v) is 23.4. The summed E-state index contributed by atoms with van der Waals surface area (Å²) in [7, 11) is 1.47. The minimum absolute atomic E-state index is 0.0481. The van der Waals surface area contributed by atoms with E-state index in [-0.39, 0.29) is 40.9 Å². The van der Waals surface area contributed by atoms with Crippen molar-refractivity contribution in [1.29, 1.82) is 0 Å². The number of rotatable bonds is 8. The van der Waals surface area contributed by atoms with E-state index >= 15 is 4.39 Å². The van der Waals surface area contributed by atoms with E-state index in [1.54, 1.807) is 25.1 Å². The first kappa shape index (κ1) is 27.8. The molecular weight excluding hydrogens is 559 g/mol. The molecule has 2 saturated heterocycles. The molecule has 7 nitrogen and oxygen atoms in total. The number of hydrogen-bond acceptors (Lipinski definition) is 6. The van der Waals surface area contributed by atoms with Gasteiger partial charge < -0.3 is 14.2 Å². The third-order valence-electron chi connectivity index (χ3n) is 8.22. The highest BCUT2D eigenvalue weighted by molar-refractivity contribution is 6.34. The van der Waals surface area contributed by atoms with E-state index < -0.39 is 28.9 Å². The average Bonchev–Trinajstić information content (AvgIpc) is 3.47. The van der Waals surface area contributed by atoms with Crippen molar-refractivity contribution in [1.82, 2.24) is 14.9 Å². The summed E-state index contributed by atoms with van der Waals surface area (Å²) in [5, 5.41) is 0.981. The lowest BCUT2D eigenvalue weighted by molar-refractivity contribution is 0.0512. The fraction of sp³-hybridized carbons (Fsp3) is 0.400. The number of benzene rings is 3. The van der Waals surface area contributed by atoms with Gasteiger partial charge in [0.1, 0.15) is 29.9 Å². The van der Waals surface area contributed by atoms with E-state index in [9.17, 15) is 13.6 Å². The Bertz CT molecular complexity index is 1720. The molecule has 2 aliphatic heterocycles. The Morgan fingerprint density at radius 2 is 2.05 bits per heavy atom. The molecule has 0 spiro atoms. The molecule has 41 heavy (non-hydrogen) atoms. The van der Waals surface area contributed by atoms with Crippen LogP contribution in [0.3, 0.4) is 0 Å². The van der Waals surface area contributed by atoms with Crippen molar-refractivity contribution in [3.8, 4) is 22.9 Å². The molecule has 4 aromatic rings. The molecule has 3 heterocycles. The molecule has 0 aliphatic carbocycles. The van der Waals surface area contributed by atoms with Crippen LogP contribution >= 0.6 is 11.6 Å². The number of hydrogen-bond donors (Lipinski definition) is 1. The monoisotopic (exact) mass is 587 g/mol. The molecule has 216 valence electrons. The van der Waals surface area contributed by atoms with Gasteiger partial charge in [-0.1, -0.05) is 24.6 Å². The third-order valence-corrected chi connectivity index (χ3v) is 8.52. The van der Waals surface area contributed by atoms with E-state index in [0.29, 0.717) is 47.0 Å². The Hall–Kier alpha value is -3.34. The standard InChI is InChI=1S/C30H29ClF3N3O4/c1-3-19-23(33)6-5-16-9-18(41-15-39-2)10-20(24(16)19)25-22(31)11-21-27(26(25)34)35-29(36-28(21)38)40-14-30-7-4-8-37(30)13-17(32)12-30/h5-6,9-11,17H,3-4,7-8,12-15H2,1-2H3,(H,35,36,38)/t17-,30+/m1/s1. The van der Waals surface area contributed by atoms with Gasteiger partial charge in [-0.2, -0.15) is 4.98 Å². The van der Waals surface area contributed by atoms with Gasteiger partial charge in [-0.25, -0.2) is 13.2 Å². The van der Waals surface area contributed by atoms with Crippen LogP contribution < -0.4 is 15.0 Å². The number of alkyl halides is 1. The summed E-state index contributed by atoms with van der Waals surface area (Å²) in [5.74, 6) is -0.924. The van der Waals surface area contributed by atoms with Gasteiger partial charge in [0.2, 0.25) is 0 Å². The van der Waals surface area contributed by atoms with E-state index in [0.717, 1.165) is 19.4 Å². The molecule has 0 saturated carbocycles. The van der Waals surface area contributed by atoms with Gasteiger partial charge in [-0.15, -0.1) is 0 Å². The Labute approximate surface area is 239 Å². The number of methoxy groups -OCH3 is 1. The average molecular weight is 588 g/mol. The Morgan fingerprint density at radius 1 is 1.22 bits per heavy atom. The van der Waals surface area contributed by atoms with Crippen molar-refractivity contribution in [2.24, 2.45) is 0 Å². The minimum atomic E-state index is -0.944. The van der Waals surface area contributed by atoms with Crippen molar-refractivity contribution in [2.45, 2.75) is 44.3 Å². The van der Waals surface area contributed by atoms with Crippen molar-refractivity contribution >= 4 is 33.3 Å². The van der Waals surface area contributed by atoms with Crippen LogP contribution in [0.4, 0.5) is 13.2 Å². The van der Waals surface area contributed by atoms with Crippen LogP contribution in [0.25, 0.3) is 32.8 Å². The first-order valence-electron chi connectivity index (χ1n) is 13.6. The molecule has 11 heteroatoms. The molecular formula is C30H29ClF3N3O4. The molecule has 0 amide bonds. The summed E-state index contributed by atoms with van der Waals surface area (Å²) in [4.78, 5) is 21.9. The number of aromatic amines is 1. The molecule has 1 aromatic heterocycles. The largest absolute Gasteiger partial charge is 0.468 e. The highest BCUT2D eigenvalue weighted by atomic mass is 35.5. The maximum Gasteiger partial charge on any atom is 0.297 e. The van der Waals surface area contributed by atoms with Gasteiger partial charge in [0.15, 0.2) is 12.6 Å². The SMILES string of the molecule is CCc1c(F)ccc2cc(OCOC)cc(-c3c(Cl)cc4c(=O)[nH]c(OC[C@@]56CCCN5C[C@H](F)C6)nc4c3F)c12. The predicted octanol–water partition coefficient (Wildman–Crippen LogP) is 6.18. The molecule has 3 aromatic carbocycles. The zero-order valence-electron chi connectivity index (χ0n) is 22.7. The summed E-state index contributed by atoms with van der Waals surface area (Å²) in [5.41, 5.74) is -0.719. The number of aromatic nitrogens is 2. The normalized spacial score (nSPS) is 20.7. The topological polar surface area (TPSA) is 76.7 Å². The smallest absolute Gasteiger partial charge is 0.297 e. The first-order chi connectivity index (χ1) is 19.7. The van der Waals surface area contributed by atoms with Gasteiger partial charge in [0.05, 0.1) is 15.9 Å². The lowest BCUT2D eigenvalue weighted by Crippen LogP contribution is -2.43. The highest BCUT2D eigenvalue weighted by Crippen LogP contribution is 2.43. The summed E-state index contributed by atoms with van der Waals surface area (Å²) in [6.45, 7) is 3.00. The van der Waals surface area contributed by atoms with Crippen LogP contribution in [0.1, 0.15) is 31.7 Å². The van der Waals surface area contributed by atoms with Crippen LogP contribution in [-0.2, 0) is 11.2 Å². The van der Waals surface area contributed by atoms with Gasteiger partial charge in [-0.3, -0.25) is 14.7 Å². The van der Waals surface area contributed by atoms with E-state index in [2.05, 4.69) is 14.9 Å². The summed E-state index contributed by atoms with van der Waals surface area (Å²) >= 11 is 6.62. The maximum atomic E-state index is 16.5. The fourth-order valence-electron chi connectivity index (χ4n) is 6.39. The summed E-state index contributed by atoms with van der Waals surface area (Å²) in [6.07, 6.45) is 1.43. The number of fused-ring (bicyclic) bond motifs is 3. The van der Waals surface area contributed by atoms with E-state index in [1.807, 2.05) is 0 Å². The van der Waals surface area contributed by atoms with Crippen LogP contribution in [0.2, 0.25) is 5.02 Å². The predicted molar refractivity (Wildman–Crippen MR) is 151 cm³/mol. The Morgan fingerprint density at radius 3 is 2.83 bits per heavy atom. The summed E-state index contributed by atoms with van der Waals surface area (Å²) in [6, 6.07) is 7.41. The zero-order chi connectivity index (χ0) is 28.9. The van der Waals surface area contributed by atoms with Crippen molar-refractivity contribution < 1.29 is 27.4 Å². The van der Waals surface area contributed by atoms with Crippen molar-refractivity contribution in [2.75, 3.05) is 33.6 Å². The molecule has 0 bridgehead atoms. The number of halogens is 4. The van der Waals surface area contributed by atoms with Gasteiger partial charge in [0, 0.05) is 25.6 Å². The molecule has 2 aliphatic rings. The van der Waals surface area contributed by atoms with Crippen LogP contribution in [0.5, 0.6) is 11.8 Å². The second kappa shape index (κ2) is 10.8.